The molecule has 0 radical (unpaired) electrons. The van der Waals surface area contributed by atoms with E-state index in [-0.39, 0.29) is 0 Å². The zero-order chi connectivity index (χ0) is 12.4. The molecule has 0 saturated carbocycles. The maximum atomic E-state index is 5.26. The van der Waals surface area contributed by atoms with E-state index in [2.05, 4.69) is 26.6 Å². The molecule has 18 heavy (non-hydrogen) atoms. The van der Waals surface area contributed by atoms with Crippen molar-refractivity contribution in [3.05, 3.63) is 29.7 Å². The lowest BCUT2D eigenvalue weighted by Gasteiger charge is -2.02. The molecule has 0 atom stereocenters. The summed E-state index contributed by atoms with van der Waals surface area (Å²) < 4.78 is 7.36. The van der Waals surface area contributed by atoms with Crippen LogP contribution < -0.4 is 5.32 Å². The molecule has 0 bridgehead atoms. The van der Waals surface area contributed by atoms with Crippen molar-refractivity contribution >= 4 is 28.1 Å². The van der Waals surface area contributed by atoms with Crippen LogP contribution in [0.4, 0.5) is 0 Å². The summed E-state index contributed by atoms with van der Waals surface area (Å²) in [7, 11) is 0. The Morgan fingerprint density at radius 2 is 2.50 bits per heavy atom. The van der Waals surface area contributed by atoms with Crippen LogP contribution in [0, 0.1) is 0 Å². The number of oxazole rings is 1. The minimum atomic E-state index is 0.624. The molecule has 3 aromatic heterocycles. The molecule has 3 heterocycles. The van der Waals surface area contributed by atoms with Gasteiger partial charge in [-0.25, -0.2) is 9.97 Å². The summed E-state index contributed by atoms with van der Waals surface area (Å²) in [4.78, 5) is 9.72. The van der Waals surface area contributed by atoms with Crippen LogP contribution in [-0.2, 0) is 6.54 Å². The van der Waals surface area contributed by atoms with E-state index in [4.69, 9.17) is 4.42 Å². The van der Waals surface area contributed by atoms with Gasteiger partial charge in [0.05, 0.1) is 11.9 Å². The molecule has 0 amide bonds. The van der Waals surface area contributed by atoms with Gasteiger partial charge in [0, 0.05) is 18.1 Å². The molecule has 1 N–H and O–H groups in total. The second-order valence-electron chi connectivity index (χ2n) is 3.60. The van der Waals surface area contributed by atoms with Crippen molar-refractivity contribution in [3.8, 4) is 0 Å². The SMILES string of the molecule is CCNCc1c(Sc2ncco2)nc2sccn12. The fourth-order valence-corrected chi connectivity index (χ4v) is 3.24. The lowest BCUT2D eigenvalue weighted by atomic mass is 10.4. The highest BCUT2D eigenvalue weighted by Crippen LogP contribution is 2.30. The number of imidazole rings is 1. The van der Waals surface area contributed by atoms with Gasteiger partial charge in [0.15, 0.2) is 4.96 Å². The highest BCUT2D eigenvalue weighted by molar-refractivity contribution is 7.99. The summed E-state index contributed by atoms with van der Waals surface area (Å²) in [6.07, 6.45) is 5.26. The average molecular weight is 280 g/mol. The van der Waals surface area contributed by atoms with Gasteiger partial charge in [-0.15, -0.1) is 11.3 Å². The van der Waals surface area contributed by atoms with E-state index >= 15 is 0 Å². The van der Waals surface area contributed by atoms with Crippen LogP contribution in [0.15, 0.2) is 38.7 Å². The summed E-state index contributed by atoms with van der Waals surface area (Å²) in [5.74, 6) is 0. The molecule has 0 aliphatic heterocycles. The fraction of sp³-hybridized carbons (Fsp3) is 0.273. The van der Waals surface area contributed by atoms with E-state index in [1.165, 1.54) is 11.8 Å². The molecule has 94 valence electrons. The Morgan fingerprint density at radius 3 is 3.28 bits per heavy atom. The molecule has 0 saturated heterocycles. The van der Waals surface area contributed by atoms with Crippen LogP contribution in [-0.4, -0.2) is 20.9 Å². The highest BCUT2D eigenvalue weighted by Gasteiger charge is 2.15. The van der Waals surface area contributed by atoms with Crippen LogP contribution >= 0.6 is 23.1 Å². The van der Waals surface area contributed by atoms with Crippen LogP contribution in [0.1, 0.15) is 12.6 Å². The van der Waals surface area contributed by atoms with E-state index in [1.54, 1.807) is 23.8 Å². The van der Waals surface area contributed by atoms with Gasteiger partial charge in [-0.3, -0.25) is 4.40 Å². The standard InChI is InChI=1S/C11H12N4OS2/c1-2-12-7-8-9(18-11-13-3-5-16-11)14-10-15(8)4-6-17-10/h3-6,12H,2,7H2,1H3. The third-order valence-electron chi connectivity index (χ3n) is 2.46. The first kappa shape index (κ1) is 11.8. The third kappa shape index (κ3) is 2.16. The molecular formula is C11H12N4OS2. The average Bonchev–Trinajstić information content (AvgIpc) is 3.04. The Bertz CT molecular complexity index is 629. The minimum absolute atomic E-state index is 0.624. The summed E-state index contributed by atoms with van der Waals surface area (Å²) in [6.45, 7) is 3.81. The number of nitrogens with zero attached hydrogens (tertiary/aromatic N) is 3. The first-order valence-electron chi connectivity index (χ1n) is 5.61. The van der Waals surface area contributed by atoms with Crippen LogP contribution in [0.5, 0.6) is 0 Å². The topological polar surface area (TPSA) is 55.4 Å². The quantitative estimate of drug-likeness (QED) is 0.778. The molecule has 3 rings (SSSR count). The number of rotatable bonds is 5. The number of aromatic nitrogens is 3. The van der Waals surface area contributed by atoms with Crippen LogP contribution in [0.2, 0.25) is 0 Å². The van der Waals surface area contributed by atoms with E-state index < -0.39 is 0 Å². The second kappa shape index (κ2) is 5.13. The predicted molar refractivity (Wildman–Crippen MR) is 71.1 cm³/mol. The van der Waals surface area contributed by atoms with Crippen molar-refractivity contribution in [2.24, 2.45) is 0 Å². The lowest BCUT2D eigenvalue weighted by molar-refractivity contribution is 0.454. The van der Waals surface area contributed by atoms with Gasteiger partial charge < -0.3 is 9.73 Å². The molecule has 5 nitrogen and oxygen atoms in total. The van der Waals surface area contributed by atoms with Gasteiger partial charge in [0.2, 0.25) is 0 Å². The maximum Gasteiger partial charge on any atom is 0.262 e. The zero-order valence-electron chi connectivity index (χ0n) is 9.79. The van der Waals surface area contributed by atoms with Gasteiger partial charge in [-0.2, -0.15) is 0 Å². The molecular weight excluding hydrogens is 268 g/mol. The van der Waals surface area contributed by atoms with Crippen molar-refractivity contribution < 1.29 is 4.42 Å². The smallest absolute Gasteiger partial charge is 0.262 e. The minimum Gasteiger partial charge on any atom is -0.440 e. The molecule has 7 heteroatoms. The number of fused-ring (bicyclic) bond motifs is 1. The molecule has 0 aliphatic carbocycles. The van der Waals surface area contributed by atoms with Gasteiger partial charge in [0.25, 0.3) is 5.22 Å². The summed E-state index contributed by atoms with van der Waals surface area (Å²) in [6, 6.07) is 0. The number of thiazole rings is 1. The summed E-state index contributed by atoms with van der Waals surface area (Å²) in [5, 5.41) is 6.94. The van der Waals surface area contributed by atoms with Gasteiger partial charge in [0.1, 0.15) is 11.3 Å². The van der Waals surface area contributed by atoms with Crippen molar-refractivity contribution in [2.45, 2.75) is 23.7 Å². The van der Waals surface area contributed by atoms with Gasteiger partial charge >= 0.3 is 0 Å². The predicted octanol–water partition coefficient (Wildman–Crippen LogP) is 2.64. The molecule has 0 aromatic carbocycles. The molecule has 0 aliphatic rings. The number of nitrogens with one attached hydrogen (secondary N) is 1. The number of hydrogen-bond acceptors (Lipinski definition) is 6. The first-order valence-corrected chi connectivity index (χ1v) is 7.30. The summed E-state index contributed by atoms with van der Waals surface area (Å²) in [5.41, 5.74) is 1.15. The van der Waals surface area contributed by atoms with Crippen molar-refractivity contribution in [3.63, 3.8) is 0 Å². The Hall–Kier alpha value is -1.31. The second-order valence-corrected chi connectivity index (χ2v) is 5.41. The molecule has 0 unspecified atom stereocenters. The summed E-state index contributed by atoms with van der Waals surface area (Å²) >= 11 is 3.09. The van der Waals surface area contributed by atoms with E-state index in [0.29, 0.717) is 5.22 Å². The normalized spacial score (nSPS) is 11.4. The molecule has 0 fully saturated rings. The number of hydrogen-bond donors (Lipinski definition) is 1. The Morgan fingerprint density at radius 1 is 1.56 bits per heavy atom. The van der Waals surface area contributed by atoms with Crippen molar-refractivity contribution in [2.75, 3.05) is 6.54 Å². The largest absolute Gasteiger partial charge is 0.440 e. The van der Waals surface area contributed by atoms with Gasteiger partial charge in [-0.05, 0) is 18.3 Å². The third-order valence-corrected chi connectivity index (χ3v) is 4.11. The lowest BCUT2D eigenvalue weighted by Crippen LogP contribution is -2.13. The monoisotopic (exact) mass is 280 g/mol. The molecule has 3 aromatic rings. The molecule has 0 spiro atoms. The van der Waals surface area contributed by atoms with Crippen LogP contribution in [0.25, 0.3) is 4.96 Å². The van der Waals surface area contributed by atoms with E-state index in [1.807, 2.05) is 11.6 Å². The Kier molecular flexibility index (Phi) is 3.35. The van der Waals surface area contributed by atoms with E-state index in [9.17, 15) is 0 Å². The fourth-order valence-electron chi connectivity index (χ4n) is 1.64. The Balaban J connectivity index is 1.96. The van der Waals surface area contributed by atoms with Crippen LogP contribution in [0.3, 0.4) is 0 Å². The maximum absolute atomic E-state index is 5.26. The van der Waals surface area contributed by atoms with Crippen molar-refractivity contribution in [1.82, 2.24) is 19.7 Å². The van der Waals surface area contributed by atoms with Crippen molar-refractivity contribution in [1.29, 1.82) is 0 Å². The van der Waals surface area contributed by atoms with E-state index in [0.717, 1.165) is 28.8 Å². The first-order chi connectivity index (χ1) is 8.88. The highest BCUT2D eigenvalue weighted by atomic mass is 32.2. The Labute approximate surface area is 112 Å². The zero-order valence-corrected chi connectivity index (χ0v) is 11.4. The van der Waals surface area contributed by atoms with Gasteiger partial charge in [-0.1, -0.05) is 6.92 Å².